The molecule has 2 nitrogen and oxygen atoms in total. The van der Waals surface area contributed by atoms with Gasteiger partial charge in [-0.25, -0.2) is 0 Å². The van der Waals surface area contributed by atoms with Crippen LogP contribution in [0.1, 0.15) is 36.9 Å². The Hall–Kier alpha value is -0.860. The Balaban J connectivity index is 1.94. The fourth-order valence-corrected chi connectivity index (χ4v) is 2.25. The molecule has 1 aromatic rings. The highest BCUT2D eigenvalue weighted by Crippen LogP contribution is 2.17. The van der Waals surface area contributed by atoms with E-state index in [4.69, 9.17) is 4.74 Å². The zero-order chi connectivity index (χ0) is 11.4. The summed E-state index contributed by atoms with van der Waals surface area (Å²) in [5.41, 5.74) is 2.71. The van der Waals surface area contributed by atoms with E-state index in [-0.39, 0.29) is 0 Å². The van der Waals surface area contributed by atoms with Gasteiger partial charge in [0.2, 0.25) is 0 Å². The summed E-state index contributed by atoms with van der Waals surface area (Å²) < 4.78 is 5.37. The van der Waals surface area contributed by atoms with Gasteiger partial charge in [-0.3, -0.25) is 0 Å². The molecular formula is C14H21NO. The summed E-state index contributed by atoms with van der Waals surface area (Å²) in [6.07, 6.45) is 2.27. The normalized spacial score (nSPS) is 19.6. The third-order valence-corrected chi connectivity index (χ3v) is 3.25. The van der Waals surface area contributed by atoms with Crippen molar-refractivity contribution in [3.05, 3.63) is 35.4 Å². The predicted molar refractivity (Wildman–Crippen MR) is 66.6 cm³/mol. The van der Waals surface area contributed by atoms with E-state index in [9.17, 15) is 0 Å². The molecule has 2 rings (SSSR count). The minimum atomic E-state index is 0.433. The molecule has 2 heteroatoms. The average Bonchev–Trinajstić information content (AvgIpc) is 2.30. The number of ether oxygens (including phenoxy) is 1. The second-order valence-electron chi connectivity index (χ2n) is 4.69. The van der Waals surface area contributed by atoms with Crippen LogP contribution in [-0.4, -0.2) is 19.3 Å². The quantitative estimate of drug-likeness (QED) is 0.844. The second-order valence-corrected chi connectivity index (χ2v) is 4.69. The number of rotatable bonds is 3. The molecule has 0 saturated carbocycles. The molecule has 1 aliphatic heterocycles. The Bertz CT molecular complexity index is 331. The highest BCUT2D eigenvalue weighted by molar-refractivity contribution is 5.24. The molecule has 1 atom stereocenters. The van der Waals surface area contributed by atoms with E-state index >= 15 is 0 Å². The van der Waals surface area contributed by atoms with E-state index < -0.39 is 0 Å². The van der Waals surface area contributed by atoms with E-state index in [1.165, 1.54) is 11.1 Å². The van der Waals surface area contributed by atoms with Crippen molar-refractivity contribution in [3.63, 3.8) is 0 Å². The van der Waals surface area contributed by atoms with Gasteiger partial charge in [-0.05, 0) is 32.3 Å². The first kappa shape index (κ1) is 11.6. The Kier molecular flexibility index (Phi) is 3.97. The van der Waals surface area contributed by atoms with Gasteiger partial charge in [-0.15, -0.1) is 0 Å². The van der Waals surface area contributed by atoms with Crippen molar-refractivity contribution >= 4 is 0 Å². The van der Waals surface area contributed by atoms with E-state index in [2.05, 4.69) is 43.4 Å². The monoisotopic (exact) mass is 219 g/mol. The number of hydrogen-bond acceptors (Lipinski definition) is 2. The standard InChI is InChI=1S/C14H21NO/c1-11-4-3-5-13(10-11)12(2)15-14-6-8-16-9-7-14/h3-5,10,12,14-15H,6-9H2,1-2H3. The van der Waals surface area contributed by atoms with Crippen LogP contribution < -0.4 is 5.32 Å². The molecule has 0 aromatic heterocycles. The van der Waals surface area contributed by atoms with Crippen LogP contribution in [0.4, 0.5) is 0 Å². The van der Waals surface area contributed by atoms with Crippen molar-refractivity contribution in [1.29, 1.82) is 0 Å². The summed E-state index contributed by atoms with van der Waals surface area (Å²) in [4.78, 5) is 0. The minimum Gasteiger partial charge on any atom is -0.381 e. The molecule has 88 valence electrons. The summed E-state index contributed by atoms with van der Waals surface area (Å²) in [6.45, 7) is 6.19. The minimum absolute atomic E-state index is 0.433. The third kappa shape index (κ3) is 3.06. The zero-order valence-corrected chi connectivity index (χ0v) is 10.2. The van der Waals surface area contributed by atoms with Crippen LogP contribution in [0.15, 0.2) is 24.3 Å². The van der Waals surface area contributed by atoms with Crippen molar-refractivity contribution in [2.75, 3.05) is 13.2 Å². The molecule has 1 saturated heterocycles. The van der Waals surface area contributed by atoms with Crippen molar-refractivity contribution in [1.82, 2.24) is 5.32 Å². The van der Waals surface area contributed by atoms with Crippen molar-refractivity contribution in [2.24, 2.45) is 0 Å². The van der Waals surface area contributed by atoms with E-state index in [1.54, 1.807) is 0 Å². The fraction of sp³-hybridized carbons (Fsp3) is 0.571. The van der Waals surface area contributed by atoms with Gasteiger partial charge in [-0.1, -0.05) is 29.8 Å². The lowest BCUT2D eigenvalue weighted by Crippen LogP contribution is -2.36. The number of hydrogen-bond donors (Lipinski definition) is 1. The second kappa shape index (κ2) is 5.46. The Labute approximate surface area is 98.0 Å². The average molecular weight is 219 g/mol. The summed E-state index contributed by atoms with van der Waals surface area (Å²) in [5, 5.41) is 3.68. The van der Waals surface area contributed by atoms with Crippen LogP contribution >= 0.6 is 0 Å². The van der Waals surface area contributed by atoms with E-state index in [0.29, 0.717) is 12.1 Å². The summed E-state index contributed by atoms with van der Waals surface area (Å²) in [7, 11) is 0. The molecular weight excluding hydrogens is 198 g/mol. The highest BCUT2D eigenvalue weighted by atomic mass is 16.5. The Morgan fingerprint density at radius 2 is 2.06 bits per heavy atom. The van der Waals surface area contributed by atoms with Crippen LogP contribution in [0.3, 0.4) is 0 Å². The van der Waals surface area contributed by atoms with Gasteiger partial charge in [-0.2, -0.15) is 0 Å². The number of aryl methyl sites for hydroxylation is 1. The molecule has 1 aliphatic rings. The summed E-state index contributed by atoms with van der Waals surface area (Å²) >= 11 is 0. The maximum absolute atomic E-state index is 5.37. The molecule has 0 radical (unpaired) electrons. The molecule has 1 N–H and O–H groups in total. The van der Waals surface area contributed by atoms with Gasteiger partial charge in [0.1, 0.15) is 0 Å². The van der Waals surface area contributed by atoms with Crippen molar-refractivity contribution in [2.45, 2.75) is 38.8 Å². The molecule has 0 bridgehead atoms. The first-order chi connectivity index (χ1) is 7.75. The molecule has 16 heavy (non-hydrogen) atoms. The predicted octanol–water partition coefficient (Wildman–Crippen LogP) is 2.82. The Morgan fingerprint density at radius 3 is 2.75 bits per heavy atom. The van der Waals surface area contributed by atoms with E-state index in [1.807, 2.05) is 0 Å². The molecule has 0 aliphatic carbocycles. The molecule has 0 spiro atoms. The summed E-state index contributed by atoms with van der Waals surface area (Å²) in [6, 6.07) is 9.78. The fourth-order valence-electron chi connectivity index (χ4n) is 2.25. The zero-order valence-electron chi connectivity index (χ0n) is 10.2. The first-order valence-electron chi connectivity index (χ1n) is 6.16. The lowest BCUT2D eigenvalue weighted by Gasteiger charge is -2.27. The molecule has 1 aromatic carbocycles. The SMILES string of the molecule is Cc1cccc(C(C)NC2CCOCC2)c1. The topological polar surface area (TPSA) is 21.3 Å². The first-order valence-corrected chi connectivity index (χ1v) is 6.16. The van der Waals surface area contributed by atoms with Crippen molar-refractivity contribution < 1.29 is 4.74 Å². The molecule has 0 amide bonds. The van der Waals surface area contributed by atoms with Crippen LogP contribution in [0.5, 0.6) is 0 Å². The van der Waals surface area contributed by atoms with Crippen LogP contribution in [0.2, 0.25) is 0 Å². The van der Waals surface area contributed by atoms with Crippen molar-refractivity contribution in [3.8, 4) is 0 Å². The summed E-state index contributed by atoms with van der Waals surface area (Å²) in [5.74, 6) is 0. The lowest BCUT2D eigenvalue weighted by molar-refractivity contribution is 0.0754. The van der Waals surface area contributed by atoms with Gasteiger partial charge in [0.25, 0.3) is 0 Å². The maximum atomic E-state index is 5.37. The van der Waals surface area contributed by atoms with E-state index in [0.717, 1.165) is 26.1 Å². The highest BCUT2D eigenvalue weighted by Gasteiger charge is 2.16. The maximum Gasteiger partial charge on any atom is 0.0480 e. The van der Waals surface area contributed by atoms with Gasteiger partial charge in [0.15, 0.2) is 0 Å². The van der Waals surface area contributed by atoms with Gasteiger partial charge in [0.05, 0.1) is 0 Å². The third-order valence-electron chi connectivity index (χ3n) is 3.25. The van der Waals surface area contributed by atoms with Gasteiger partial charge >= 0.3 is 0 Å². The van der Waals surface area contributed by atoms with Crippen LogP contribution in [-0.2, 0) is 4.74 Å². The van der Waals surface area contributed by atoms with Crippen LogP contribution in [0, 0.1) is 6.92 Å². The lowest BCUT2D eigenvalue weighted by atomic mass is 10.0. The van der Waals surface area contributed by atoms with Gasteiger partial charge in [0, 0.05) is 25.3 Å². The number of benzene rings is 1. The Morgan fingerprint density at radius 1 is 1.31 bits per heavy atom. The number of nitrogens with one attached hydrogen (secondary N) is 1. The smallest absolute Gasteiger partial charge is 0.0480 e. The largest absolute Gasteiger partial charge is 0.381 e. The molecule has 1 unspecified atom stereocenters. The molecule has 1 heterocycles. The molecule has 1 fully saturated rings. The van der Waals surface area contributed by atoms with Gasteiger partial charge < -0.3 is 10.1 Å². The van der Waals surface area contributed by atoms with Crippen LogP contribution in [0.25, 0.3) is 0 Å².